The Kier molecular flexibility index (Phi) is 4.40. The minimum absolute atomic E-state index is 0.0973. The molecule has 0 rings (SSSR count). The summed E-state index contributed by atoms with van der Waals surface area (Å²) in [4.78, 5) is 14.3. The molecular formula is C7H11N3O2. The molecule has 0 aromatic heterocycles. The molecule has 0 saturated carbocycles. The molecule has 0 heterocycles. The van der Waals surface area contributed by atoms with E-state index >= 15 is 0 Å². The number of hydrogen-bond donors (Lipinski definition) is 3. The first-order valence-corrected chi connectivity index (χ1v) is 3.21. The maximum absolute atomic E-state index is 10.8. The van der Waals surface area contributed by atoms with Crippen LogP contribution in [0.4, 0.5) is 0 Å². The highest BCUT2D eigenvalue weighted by Gasteiger charge is 2.02. The predicted molar refractivity (Wildman–Crippen MR) is 45.5 cm³/mol. The number of nitrogens with one attached hydrogen (secondary N) is 1. The second-order valence-electron chi connectivity index (χ2n) is 1.93. The molecule has 0 spiro atoms. The molecular weight excluding hydrogens is 158 g/mol. The summed E-state index contributed by atoms with van der Waals surface area (Å²) in [6.07, 6.45) is 2.70. The highest BCUT2D eigenvalue weighted by atomic mass is 16.5. The van der Waals surface area contributed by atoms with Gasteiger partial charge in [-0.3, -0.25) is 10.0 Å². The smallest absolute Gasteiger partial charge is 0.275 e. The van der Waals surface area contributed by atoms with Crippen molar-refractivity contribution < 1.29 is 10.0 Å². The number of rotatable bonds is 3. The standard InChI is InChI=1S/C7H11N3O2/c1-3-6(7(11)10-12)4-9-5(2)8/h3-4,12H,2,8H2,1H3,(H,10,11)/b6-3+,9-4-. The molecule has 0 bridgehead atoms. The Hall–Kier alpha value is -1.62. The van der Waals surface area contributed by atoms with E-state index < -0.39 is 5.91 Å². The Morgan fingerprint density at radius 2 is 2.33 bits per heavy atom. The Bertz CT molecular complexity index is 243. The van der Waals surface area contributed by atoms with Crippen LogP contribution in [0.1, 0.15) is 6.92 Å². The van der Waals surface area contributed by atoms with E-state index in [1.165, 1.54) is 17.8 Å². The van der Waals surface area contributed by atoms with Crippen LogP contribution in [0, 0.1) is 0 Å². The molecule has 12 heavy (non-hydrogen) atoms. The van der Waals surface area contributed by atoms with Crippen LogP contribution in [0.3, 0.4) is 0 Å². The first kappa shape index (κ1) is 10.4. The van der Waals surface area contributed by atoms with Crippen LogP contribution >= 0.6 is 0 Å². The van der Waals surface area contributed by atoms with Gasteiger partial charge in [0.05, 0.1) is 5.57 Å². The quantitative estimate of drug-likeness (QED) is 0.239. The zero-order chi connectivity index (χ0) is 9.56. The summed E-state index contributed by atoms with van der Waals surface area (Å²) in [6.45, 7) is 4.94. The monoisotopic (exact) mass is 169 g/mol. The zero-order valence-electron chi connectivity index (χ0n) is 6.74. The van der Waals surface area contributed by atoms with Gasteiger partial charge in [-0.05, 0) is 6.92 Å². The minimum atomic E-state index is -0.637. The van der Waals surface area contributed by atoms with Gasteiger partial charge >= 0.3 is 0 Å². The van der Waals surface area contributed by atoms with Gasteiger partial charge in [-0.1, -0.05) is 12.7 Å². The molecule has 0 saturated heterocycles. The molecule has 1 amide bonds. The van der Waals surface area contributed by atoms with Crippen molar-refractivity contribution in [1.82, 2.24) is 5.48 Å². The van der Waals surface area contributed by atoms with Gasteiger partial charge in [0.2, 0.25) is 0 Å². The second kappa shape index (κ2) is 5.09. The number of carbonyl (C=O) groups excluding carboxylic acids is 1. The normalized spacial score (nSPS) is 11.7. The van der Waals surface area contributed by atoms with Crippen molar-refractivity contribution in [2.45, 2.75) is 6.92 Å². The van der Waals surface area contributed by atoms with E-state index in [9.17, 15) is 4.79 Å². The van der Waals surface area contributed by atoms with Gasteiger partial charge in [-0.15, -0.1) is 0 Å². The third kappa shape index (κ3) is 3.52. The Morgan fingerprint density at radius 3 is 2.67 bits per heavy atom. The molecule has 0 aromatic carbocycles. The van der Waals surface area contributed by atoms with Crippen molar-refractivity contribution in [3.05, 3.63) is 24.0 Å². The lowest BCUT2D eigenvalue weighted by molar-refractivity contribution is -0.124. The molecule has 4 N–H and O–H groups in total. The van der Waals surface area contributed by atoms with E-state index in [1.807, 2.05) is 0 Å². The third-order valence-corrected chi connectivity index (χ3v) is 1.04. The van der Waals surface area contributed by atoms with Gasteiger partial charge in [-0.25, -0.2) is 10.5 Å². The second-order valence-corrected chi connectivity index (χ2v) is 1.93. The van der Waals surface area contributed by atoms with E-state index in [-0.39, 0.29) is 11.4 Å². The van der Waals surface area contributed by atoms with E-state index in [4.69, 9.17) is 10.9 Å². The van der Waals surface area contributed by atoms with Crippen LogP contribution in [-0.4, -0.2) is 17.3 Å². The van der Waals surface area contributed by atoms with Crippen molar-refractivity contribution in [3.63, 3.8) is 0 Å². The van der Waals surface area contributed by atoms with Crippen LogP contribution < -0.4 is 11.2 Å². The van der Waals surface area contributed by atoms with Crippen molar-refractivity contribution in [2.24, 2.45) is 10.7 Å². The molecule has 0 fully saturated rings. The number of aliphatic imine (C=N–C) groups is 1. The summed E-state index contributed by atoms with van der Waals surface area (Å²) < 4.78 is 0. The largest absolute Gasteiger partial charge is 0.384 e. The molecule has 5 nitrogen and oxygen atoms in total. The highest BCUT2D eigenvalue weighted by Crippen LogP contribution is 1.91. The first-order valence-electron chi connectivity index (χ1n) is 3.21. The zero-order valence-corrected chi connectivity index (χ0v) is 6.74. The number of hydroxylamine groups is 1. The first-order chi connectivity index (χ1) is 5.61. The summed E-state index contributed by atoms with van der Waals surface area (Å²) in [7, 11) is 0. The predicted octanol–water partition coefficient (Wildman–Crippen LogP) is -0.0612. The summed E-state index contributed by atoms with van der Waals surface area (Å²) in [5.41, 5.74) is 6.81. The number of hydrogen-bond acceptors (Lipinski definition) is 4. The minimum Gasteiger partial charge on any atom is -0.384 e. The molecule has 0 aliphatic carbocycles. The molecule has 66 valence electrons. The molecule has 0 aliphatic rings. The average Bonchev–Trinajstić information content (AvgIpc) is 2.04. The summed E-state index contributed by atoms with van der Waals surface area (Å²) in [5.74, 6) is -0.539. The number of amides is 1. The lowest BCUT2D eigenvalue weighted by Crippen LogP contribution is -2.21. The fourth-order valence-corrected chi connectivity index (χ4v) is 0.481. The van der Waals surface area contributed by atoms with Crippen molar-refractivity contribution in [2.75, 3.05) is 0 Å². The lowest BCUT2D eigenvalue weighted by atomic mass is 10.2. The van der Waals surface area contributed by atoms with Gasteiger partial charge in [0.15, 0.2) is 0 Å². The van der Waals surface area contributed by atoms with Crippen LogP contribution in [0.25, 0.3) is 0 Å². The van der Waals surface area contributed by atoms with Gasteiger partial charge in [0, 0.05) is 6.21 Å². The Morgan fingerprint density at radius 1 is 1.75 bits per heavy atom. The molecule has 0 aliphatic heterocycles. The Labute approximate surface area is 70.2 Å². The fraction of sp³-hybridized carbons (Fsp3) is 0.143. The van der Waals surface area contributed by atoms with Crippen molar-refractivity contribution in [3.8, 4) is 0 Å². The summed E-state index contributed by atoms with van der Waals surface area (Å²) >= 11 is 0. The van der Waals surface area contributed by atoms with E-state index in [1.54, 1.807) is 6.92 Å². The number of carbonyl (C=O) groups is 1. The van der Waals surface area contributed by atoms with E-state index in [0.717, 1.165) is 0 Å². The lowest BCUT2D eigenvalue weighted by Gasteiger charge is -1.96. The van der Waals surface area contributed by atoms with E-state index in [0.29, 0.717) is 0 Å². The van der Waals surface area contributed by atoms with E-state index in [2.05, 4.69) is 11.6 Å². The fourth-order valence-electron chi connectivity index (χ4n) is 0.481. The van der Waals surface area contributed by atoms with Gasteiger partial charge in [-0.2, -0.15) is 0 Å². The number of allylic oxidation sites excluding steroid dienone is 1. The van der Waals surface area contributed by atoms with Gasteiger partial charge in [0.1, 0.15) is 5.82 Å². The van der Waals surface area contributed by atoms with Crippen molar-refractivity contribution in [1.29, 1.82) is 0 Å². The van der Waals surface area contributed by atoms with Gasteiger partial charge < -0.3 is 5.73 Å². The SMILES string of the molecule is C=C(N)/N=C\C(=C/C)C(=O)NO. The van der Waals surface area contributed by atoms with Crippen LogP contribution in [0.5, 0.6) is 0 Å². The molecule has 0 aromatic rings. The van der Waals surface area contributed by atoms with Crippen molar-refractivity contribution >= 4 is 12.1 Å². The Balaban J connectivity index is 4.40. The topological polar surface area (TPSA) is 87.7 Å². The molecule has 0 unspecified atom stereocenters. The van der Waals surface area contributed by atoms with Crippen LogP contribution in [0.2, 0.25) is 0 Å². The van der Waals surface area contributed by atoms with Crippen LogP contribution in [-0.2, 0) is 4.79 Å². The maximum atomic E-state index is 10.8. The third-order valence-electron chi connectivity index (χ3n) is 1.04. The molecule has 0 atom stereocenters. The number of nitrogens with two attached hydrogens (primary N) is 1. The highest BCUT2D eigenvalue weighted by molar-refractivity contribution is 6.11. The number of nitrogens with zero attached hydrogens (tertiary/aromatic N) is 1. The van der Waals surface area contributed by atoms with Crippen LogP contribution in [0.15, 0.2) is 29.0 Å². The molecule has 5 heteroatoms. The molecule has 0 radical (unpaired) electrons. The summed E-state index contributed by atoms with van der Waals surface area (Å²) in [5, 5.41) is 8.25. The maximum Gasteiger partial charge on any atom is 0.275 e. The van der Waals surface area contributed by atoms with Gasteiger partial charge in [0.25, 0.3) is 5.91 Å². The summed E-state index contributed by atoms with van der Waals surface area (Å²) in [6, 6.07) is 0. The average molecular weight is 169 g/mol.